The van der Waals surface area contributed by atoms with E-state index in [0.29, 0.717) is 18.3 Å². The molecule has 4 nitrogen and oxygen atoms in total. The monoisotopic (exact) mass is 463 g/mol. The van der Waals surface area contributed by atoms with E-state index in [1.165, 1.54) is 6.42 Å². The average Bonchev–Trinajstić information content (AvgIpc) is 3.30. The number of piperidine rings is 1. The molecule has 3 heterocycles. The van der Waals surface area contributed by atoms with Crippen molar-refractivity contribution in [2.45, 2.75) is 32.2 Å². The molecule has 1 aromatic heterocycles. The van der Waals surface area contributed by atoms with E-state index >= 15 is 0 Å². The second kappa shape index (κ2) is 7.38. The maximum atomic E-state index is 13.7. The van der Waals surface area contributed by atoms with Crippen LogP contribution in [0.1, 0.15) is 37.8 Å². The van der Waals surface area contributed by atoms with Gasteiger partial charge in [0.25, 0.3) is 0 Å². The first-order valence-corrected chi connectivity index (χ1v) is 11.5. The summed E-state index contributed by atoms with van der Waals surface area (Å²) in [6.07, 6.45) is 5.45. The van der Waals surface area contributed by atoms with E-state index in [1.807, 2.05) is 18.5 Å². The fourth-order valence-corrected chi connectivity index (χ4v) is 5.74. The summed E-state index contributed by atoms with van der Waals surface area (Å²) in [5, 5.41) is 0. The zero-order chi connectivity index (χ0) is 20.9. The molecule has 3 unspecified atom stereocenters. The van der Waals surface area contributed by atoms with E-state index in [2.05, 4.69) is 86.7 Å². The molecule has 0 spiro atoms. The normalized spacial score (nSPS) is 25.1. The van der Waals surface area contributed by atoms with Crippen molar-refractivity contribution in [2.75, 3.05) is 13.1 Å². The molecule has 0 bridgehead atoms. The van der Waals surface area contributed by atoms with Crippen molar-refractivity contribution in [1.29, 1.82) is 0 Å². The molecular formula is C25H26BrN3O. The minimum Gasteiger partial charge on any atom is -0.342 e. The lowest BCUT2D eigenvalue weighted by Gasteiger charge is -2.39. The summed E-state index contributed by atoms with van der Waals surface area (Å²) in [6.45, 7) is 6.19. The number of likely N-dealkylation sites (tertiary alicyclic amines) is 1. The molecule has 5 heteroatoms. The third-order valence-corrected chi connectivity index (χ3v) is 7.14. The van der Waals surface area contributed by atoms with E-state index in [4.69, 9.17) is 0 Å². The molecule has 0 saturated carbocycles. The maximum absolute atomic E-state index is 13.7. The molecule has 3 atom stereocenters. The molecule has 2 aromatic carbocycles. The molecule has 154 valence electrons. The molecule has 1 amide bonds. The highest BCUT2D eigenvalue weighted by Crippen LogP contribution is 2.49. The van der Waals surface area contributed by atoms with Crippen molar-refractivity contribution in [2.24, 2.45) is 11.8 Å². The zero-order valence-electron chi connectivity index (χ0n) is 17.4. The topological polar surface area (TPSA) is 38.1 Å². The van der Waals surface area contributed by atoms with Crippen molar-refractivity contribution >= 4 is 21.8 Å². The highest BCUT2D eigenvalue weighted by molar-refractivity contribution is 9.10. The lowest BCUT2D eigenvalue weighted by atomic mass is 9.79. The molecule has 2 aliphatic heterocycles. The number of fused-ring (bicyclic) bond motifs is 3. The molecule has 2 aliphatic rings. The molecule has 0 radical (unpaired) electrons. The number of carbonyl (C=O) groups excluding carboxylic acids is 1. The van der Waals surface area contributed by atoms with Crippen molar-refractivity contribution in [1.82, 2.24) is 14.5 Å². The Morgan fingerprint density at radius 3 is 2.53 bits per heavy atom. The number of amides is 1. The number of aromatic nitrogens is 2. The van der Waals surface area contributed by atoms with Crippen molar-refractivity contribution in [3.05, 3.63) is 76.5 Å². The molecule has 1 fully saturated rings. The van der Waals surface area contributed by atoms with Crippen LogP contribution in [0.25, 0.3) is 11.4 Å². The van der Waals surface area contributed by atoms with Crippen molar-refractivity contribution in [3.63, 3.8) is 0 Å². The van der Waals surface area contributed by atoms with Gasteiger partial charge >= 0.3 is 0 Å². The number of halogens is 1. The zero-order valence-corrected chi connectivity index (χ0v) is 19.0. The molecular weight excluding hydrogens is 438 g/mol. The predicted molar refractivity (Wildman–Crippen MR) is 122 cm³/mol. The van der Waals surface area contributed by atoms with Crippen molar-refractivity contribution < 1.29 is 4.79 Å². The van der Waals surface area contributed by atoms with Crippen molar-refractivity contribution in [3.8, 4) is 11.4 Å². The molecule has 3 aromatic rings. The van der Waals surface area contributed by atoms with Crippen LogP contribution in [0.2, 0.25) is 0 Å². The Morgan fingerprint density at radius 2 is 1.80 bits per heavy atom. The minimum atomic E-state index is -0.579. The van der Waals surface area contributed by atoms with Crippen LogP contribution in [-0.4, -0.2) is 33.4 Å². The van der Waals surface area contributed by atoms with E-state index in [9.17, 15) is 4.79 Å². The third-order valence-electron chi connectivity index (χ3n) is 6.62. The van der Waals surface area contributed by atoms with Gasteiger partial charge in [-0.1, -0.05) is 66.2 Å². The standard InChI is InChI=1S/C25H26BrN3O/c1-17-13-18(2)16-28(15-17)23(30)14-25(19-7-9-20(26)10-8-19)22-6-4-3-5-21(22)24-27-11-12-29(24)25/h3-12,17-18H,13-16H2,1-2H3. The summed E-state index contributed by atoms with van der Waals surface area (Å²) in [4.78, 5) is 20.4. The highest BCUT2D eigenvalue weighted by Gasteiger charge is 2.47. The minimum absolute atomic E-state index is 0.215. The van der Waals surface area contributed by atoms with Gasteiger partial charge < -0.3 is 9.47 Å². The quantitative estimate of drug-likeness (QED) is 0.527. The van der Waals surface area contributed by atoms with E-state index in [0.717, 1.165) is 40.1 Å². The predicted octanol–water partition coefficient (Wildman–Crippen LogP) is 5.31. The van der Waals surface area contributed by atoms with Crippen LogP contribution in [0.3, 0.4) is 0 Å². The SMILES string of the molecule is CC1CC(C)CN(C(=O)CC2(c3ccc(Br)cc3)c3ccccc3-c3nccn32)C1. The Morgan fingerprint density at radius 1 is 1.10 bits per heavy atom. The Balaban J connectivity index is 1.64. The molecule has 1 saturated heterocycles. The van der Waals surface area contributed by atoms with Crippen LogP contribution >= 0.6 is 15.9 Å². The summed E-state index contributed by atoms with van der Waals surface area (Å²) in [6, 6.07) is 16.8. The first kappa shape index (κ1) is 19.6. The summed E-state index contributed by atoms with van der Waals surface area (Å²) >= 11 is 3.56. The van der Waals surface area contributed by atoms with Gasteiger partial charge in [-0.05, 0) is 41.5 Å². The summed E-state index contributed by atoms with van der Waals surface area (Å²) in [7, 11) is 0. The molecule has 0 N–H and O–H groups in total. The van der Waals surface area contributed by atoms with Crippen LogP contribution in [0.15, 0.2) is 65.4 Å². The average molecular weight is 464 g/mol. The van der Waals surface area contributed by atoms with Gasteiger partial charge in [0.1, 0.15) is 11.4 Å². The Labute approximate surface area is 186 Å². The van der Waals surface area contributed by atoms with E-state index in [1.54, 1.807) is 0 Å². The largest absolute Gasteiger partial charge is 0.342 e. The van der Waals surface area contributed by atoms with E-state index in [-0.39, 0.29) is 5.91 Å². The van der Waals surface area contributed by atoms with Crippen LogP contribution in [0.5, 0.6) is 0 Å². The Bertz CT molecular complexity index is 1080. The first-order valence-electron chi connectivity index (χ1n) is 10.7. The van der Waals surface area contributed by atoms with Crippen LogP contribution in [0, 0.1) is 11.8 Å². The fraction of sp³-hybridized carbons (Fsp3) is 0.360. The Kier molecular flexibility index (Phi) is 4.81. The van der Waals surface area contributed by atoms with Gasteiger partial charge in [-0.3, -0.25) is 4.79 Å². The smallest absolute Gasteiger partial charge is 0.225 e. The van der Waals surface area contributed by atoms with Crippen LogP contribution in [0.4, 0.5) is 0 Å². The molecule has 5 rings (SSSR count). The molecule has 30 heavy (non-hydrogen) atoms. The second-order valence-electron chi connectivity index (χ2n) is 8.96. The van der Waals surface area contributed by atoms with Gasteiger partial charge in [-0.2, -0.15) is 0 Å². The first-order chi connectivity index (χ1) is 14.5. The summed E-state index contributed by atoms with van der Waals surface area (Å²) in [5.41, 5.74) is 2.80. The van der Waals surface area contributed by atoms with Crippen LogP contribution in [-0.2, 0) is 10.3 Å². The molecule has 0 aliphatic carbocycles. The van der Waals surface area contributed by atoms with Gasteiger partial charge in [0.05, 0.1) is 6.42 Å². The van der Waals surface area contributed by atoms with Gasteiger partial charge in [-0.25, -0.2) is 4.98 Å². The number of hydrogen-bond acceptors (Lipinski definition) is 2. The van der Waals surface area contributed by atoms with Gasteiger partial charge in [-0.15, -0.1) is 0 Å². The number of benzene rings is 2. The number of imidazole rings is 1. The lowest BCUT2D eigenvalue weighted by molar-refractivity contribution is -0.135. The van der Waals surface area contributed by atoms with Gasteiger partial charge in [0.2, 0.25) is 5.91 Å². The van der Waals surface area contributed by atoms with Gasteiger partial charge in [0, 0.05) is 35.5 Å². The Hall–Kier alpha value is -2.40. The summed E-state index contributed by atoms with van der Waals surface area (Å²) in [5.74, 6) is 2.23. The van der Waals surface area contributed by atoms with Crippen LogP contribution < -0.4 is 0 Å². The summed E-state index contributed by atoms with van der Waals surface area (Å²) < 4.78 is 3.24. The third kappa shape index (κ3) is 3.02. The number of hydrogen-bond donors (Lipinski definition) is 0. The van der Waals surface area contributed by atoms with E-state index < -0.39 is 5.54 Å². The fourth-order valence-electron chi connectivity index (χ4n) is 5.48. The van der Waals surface area contributed by atoms with Gasteiger partial charge in [0.15, 0.2) is 0 Å². The number of nitrogens with zero attached hydrogens (tertiary/aromatic N) is 3. The second-order valence-corrected chi connectivity index (χ2v) is 9.87. The number of carbonyl (C=O) groups is 1. The number of rotatable bonds is 3. The highest BCUT2D eigenvalue weighted by atomic mass is 79.9. The lowest BCUT2D eigenvalue weighted by Crippen LogP contribution is -2.46. The maximum Gasteiger partial charge on any atom is 0.225 e.